The van der Waals surface area contributed by atoms with Crippen molar-refractivity contribution in [2.45, 2.75) is 31.5 Å². The first-order valence-electron chi connectivity index (χ1n) is 11.3. The van der Waals surface area contributed by atoms with Crippen LogP contribution in [0.3, 0.4) is 0 Å². The Hall–Kier alpha value is -3.76. The Labute approximate surface area is 206 Å². The van der Waals surface area contributed by atoms with Gasteiger partial charge in [0.2, 0.25) is 0 Å². The molecule has 1 aliphatic carbocycles. The van der Waals surface area contributed by atoms with Crippen LogP contribution in [0.2, 0.25) is 0 Å². The largest absolute Gasteiger partial charge is 0.444 e. The number of benzene rings is 2. The summed E-state index contributed by atoms with van der Waals surface area (Å²) in [6.45, 7) is 0.172. The molecule has 1 atom stereocenters. The Bertz CT molecular complexity index is 1210. The van der Waals surface area contributed by atoms with Crippen LogP contribution in [0.15, 0.2) is 60.0 Å². The summed E-state index contributed by atoms with van der Waals surface area (Å²) >= 11 is 1.28. The topological polar surface area (TPSA) is 110 Å². The number of ether oxygens (including phenoxy) is 2. The van der Waals surface area contributed by atoms with Crippen LogP contribution in [0.25, 0.3) is 11.3 Å². The van der Waals surface area contributed by atoms with Crippen molar-refractivity contribution < 1.29 is 23.9 Å². The number of hydrogen-bond acceptors (Lipinski definition) is 7. The summed E-state index contributed by atoms with van der Waals surface area (Å²) < 4.78 is 10.7. The maximum Gasteiger partial charge on any atom is 0.412 e. The second-order valence-electron chi connectivity index (χ2n) is 8.38. The fourth-order valence-corrected chi connectivity index (χ4v) is 4.31. The smallest absolute Gasteiger partial charge is 0.412 e. The molecule has 2 N–H and O–H groups in total. The van der Waals surface area contributed by atoms with Crippen molar-refractivity contribution in [2.75, 3.05) is 18.7 Å². The highest BCUT2D eigenvalue weighted by atomic mass is 32.1. The zero-order valence-electron chi connectivity index (χ0n) is 18.8. The van der Waals surface area contributed by atoms with Gasteiger partial charge in [-0.1, -0.05) is 42.5 Å². The van der Waals surface area contributed by atoms with E-state index in [2.05, 4.69) is 15.6 Å². The average Bonchev–Trinajstić information content (AvgIpc) is 3.35. The van der Waals surface area contributed by atoms with Crippen molar-refractivity contribution in [1.82, 2.24) is 15.2 Å². The molecule has 2 aliphatic rings. The molecule has 5 rings (SSSR count). The van der Waals surface area contributed by atoms with E-state index in [0.717, 1.165) is 24.0 Å². The number of nitrogens with zero attached hydrogens (tertiary/aromatic N) is 2. The highest BCUT2D eigenvalue weighted by Gasteiger charge is 2.36. The van der Waals surface area contributed by atoms with Gasteiger partial charge in [-0.05, 0) is 30.5 Å². The number of hydrogen-bond donors (Lipinski definition) is 2. The summed E-state index contributed by atoms with van der Waals surface area (Å²) in [6.07, 6.45) is 1.46. The zero-order valence-corrected chi connectivity index (χ0v) is 19.6. The number of carbonyl (C=O) groups is 3. The first-order valence-corrected chi connectivity index (χ1v) is 12.2. The standard InChI is InChI=1S/C25H24N4O5S/c30-22(26-19-10-11-19)18-8-6-17(7-9-18)20-14-35-24(27-20)28-23(31)21-13-33-15-29(21)25(32)34-12-16-4-2-1-3-5-16/h1-9,14,19,21H,10-13,15H2,(H,26,30)(H,27,28,31). The van der Waals surface area contributed by atoms with Gasteiger partial charge >= 0.3 is 6.09 Å². The van der Waals surface area contributed by atoms with Crippen molar-refractivity contribution in [3.8, 4) is 11.3 Å². The molecule has 2 aromatic carbocycles. The van der Waals surface area contributed by atoms with E-state index < -0.39 is 18.0 Å². The molecule has 3 aromatic rings. The molecule has 0 spiro atoms. The van der Waals surface area contributed by atoms with Crippen LogP contribution in [0, 0.1) is 0 Å². The Kier molecular flexibility index (Phi) is 6.73. The quantitative estimate of drug-likeness (QED) is 0.521. The molecule has 180 valence electrons. The normalized spacial score (nSPS) is 17.1. The van der Waals surface area contributed by atoms with E-state index in [1.807, 2.05) is 47.8 Å². The molecule has 1 aliphatic heterocycles. The van der Waals surface area contributed by atoms with Crippen LogP contribution in [0.4, 0.5) is 9.93 Å². The lowest BCUT2D eigenvalue weighted by Crippen LogP contribution is -2.44. The second kappa shape index (κ2) is 10.2. The molecule has 1 saturated carbocycles. The van der Waals surface area contributed by atoms with Gasteiger partial charge in [0.1, 0.15) is 19.4 Å². The molecule has 2 heterocycles. The van der Waals surface area contributed by atoms with Gasteiger partial charge in [-0.15, -0.1) is 11.3 Å². The summed E-state index contributed by atoms with van der Waals surface area (Å²) in [5.41, 5.74) is 2.97. The highest BCUT2D eigenvalue weighted by molar-refractivity contribution is 7.14. The lowest BCUT2D eigenvalue weighted by Gasteiger charge is -2.20. The maximum atomic E-state index is 12.8. The Morgan fingerprint density at radius 3 is 2.60 bits per heavy atom. The minimum absolute atomic E-state index is 0.0184. The average molecular weight is 493 g/mol. The van der Waals surface area contributed by atoms with Crippen molar-refractivity contribution >= 4 is 34.4 Å². The fraction of sp³-hybridized carbons (Fsp3) is 0.280. The molecule has 10 heteroatoms. The van der Waals surface area contributed by atoms with Gasteiger partial charge in [0, 0.05) is 22.5 Å². The Morgan fingerprint density at radius 1 is 1.09 bits per heavy atom. The van der Waals surface area contributed by atoms with E-state index >= 15 is 0 Å². The lowest BCUT2D eigenvalue weighted by atomic mass is 10.1. The predicted molar refractivity (Wildman–Crippen MR) is 130 cm³/mol. The predicted octanol–water partition coefficient (Wildman–Crippen LogP) is 3.64. The molecular formula is C25H24N4O5S. The first kappa shape index (κ1) is 23.0. The third kappa shape index (κ3) is 5.67. The van der Waals surface area contributed by atoms with Gasteiger partial charge in [0.25, 0.3) is 11.8 Å². The first-order chi connectivity index (χ1) is 17.1. The number of rotatable bonds is 7. The monoisotopic (exact) mass is 492 g/mol. The van der Waals surface area contributed by atoms with Crippen LogP contribution >= 0.6 is 11.3 Å². The van der Waals surface area contributed by atoms with Crippen LogP contribution in [-0.2, 0) is 20.9 Å². The van der Waals surface area contributed by atoms with Crippen LogP contribution in [0.5, 0.6) is 0 Å². The number of carbonyl (C=O) groups excluding carboxylic acids is 3. The molecule has 35 heavy (non-hydrogen) atoms. The van der Waals surface area contributed by atoms with Crippen LogP contribution in [0.1, 0.15) is 28.8 Å². The fourth-order valence-electron chi connectivity index (χ4n) is 3.58. The SMILES string of the molecule is O=C(NC1CC1)c1ccc(-c2csc(NC(=O)C3COCN3C(=O)OCc3ccccc3)n2)cc1. The van der Waals surface area contributed by atoms with Gasteiger partial charge in [-0.25, -0.2) is 9.78 Å². The summed E-state index contributed by atoms with van der Waals surface area (Å²) in [5, 5.41) is 7.96. The van der Waals surface area contributed by atoms with E-state index in [1.165, 1.54) is 16.2 Å². The van der Waals surface area contributed by atoms with Gasteiger partial charge < -0.3 is 20.1 Å². The molecule has 1 unspecified atom stereocenters. The molecule has 0 radical (unpaired) electrons. The molecule has 9 nitrogen and oxygen atoms in total. The summed E-state index contributed by atoms with van der Waals surface area (Å²) in [5.74, 6) is -0.469. The third-order valence-corrected chi connectivity index (χ3v) is 6.47. The number of aromatic nitrogens is 1. The number of amides is 3. The molecule has 2 fully saturated rings. The maximum absolute atomic E-state index is 12.8. The third-order valence-electron chi connectivity index (χ3n) is 5.71. The van der Waals surface area contributed by atoms with Crippen LogP contribution in [-0.4, -0.2) is 53.2 Å². The summed E-state index contributed by atoms with van der Waals surface area (Å²) in [4.78, 5) is 43.3. The van der Waals surface area contributed by atoms with Crippen LogP contribution < -0.4 is 10.6 Å². The molecule has 3 amide bonds. The zero-order chi connectivity index (χ0) is 24.2. The molecule has 1 saturated heterocycles. The number of thiazole rings is 1. The Balaban J connectivity index is 1.17. The molecule has 1 aromatic heterocycles. The number of anilines is 1. The molecule has 0 bridgehead atoms. The molecular weight excluding hydrogens is 468 g/mol. The van der Waals surface area contributed by atoms with Crippen molar-refractivity contribution in [3.05, 3.63) is 71.1 Å². The highest BCUT2D eigenvalue weighted by Crippen LogP contribution is 2.26. The van der Waals surface area contributed by atoms with Crippen molar-refractivity contribution in [1.29, 1.82) is 0 Å². The van der Waals surface area contributed by atoms with Crippen molar-refractivity contribution in [2.24, 2.45) is 0 Å². The van der Waals surface area contributed by atoms with E-state index in [0.29, 0.717) is 22.4 Å². The summed E-state index contributed by atoms with van der Waals surface area (Å²) in [7, 11) is 0. The van der Waals surface area contributed by atoms with Gasteiger partial charge in [0.05, 0.1) is 12.3 Å². The minimum Gasteiger partial charge on any atom is -0.444 e. The van der Waals surface area contributed by atoms with E-state index in [-0.39, 0.29) is 25.9 Å². The number of nitrogens with one attached hydrogen (secondary N) is 2. The van der Waals surface area contributed by atoms with Crippen molar-refractivity contribution in [3.63, 3.8) is 0 Å². The van der Waals surface area contributed by atoms with E-state index in [9.17, 15) is 14.4 Å². The minimum atomic E-state index is -0.810. The lowest BCUT2D eigenvalue weighted by molar-refractivity contribution is -0.119. The second-order valence-corrected chi connectivity index (χ2v) is 9.24. The van der Waals surface area contributed by atoms with E-state index in [4.69, 9.17) is 9.47 Å². The van der Waals surface area contributed by atoms with Gasteiger partial charge in [-0.3, -0.25) is 14.5 Å². The Morgan fingerprint density at radius 2 is 1.86 bits per heavy atom. The summed E-state index contributed by atoms with van der Waals surface area (Å²) in [6, 6.07) is 16.0. The van der Waals surface area contributed by atoms with Gasteiger partial charge in [0.15, 0.2) is 5.13 Å². The van der Waals surface area contributed by atoms with Gasteiger partial charge in [-0.2, -0.15) is 0 Å². The van der Waals surface area contributed by atoms with E-state index in [1.54, 1.807) is 12.1 Å².